The van der Waals surface area contributed by atoms with Gasteiger partial charge in [0.05, 0.1) is 6.61 Å². The quantitative estimate of drug-likeness (QED) is 0.395. The Balaban J connectivity index is 1.60. The molecule has 1 saturated carbocycles. The lowest BCUT2D eigenvalue weighted by Gasteiger charge is -2.20. The average molecular weight is 549 g/mol. The number of hydrogen-bond acceptors (Lipinski definition) is 6. The molecule has 3 aromatic rings. The number of likely N-dealkylation sites (N-methyl/N-ethyl adjacent to an activating group) is 1. The van der Waals surface area contributed by atoms with E-state index in [4.69, 9.17) is 16.3 Å². The van der Waals surface area contributed by atoms with E-state index in [9.17, 15) is 23.1 Å². The van der Waals surface area contributed by atoms with Crippen molar-refractivity contribution in [2.75, 3.05) is 27.3 Å². The molecule has 1 amide bonds. The van der Waals surface area contributed by atoms with Crippen molar-refractivity contribution in [1.82, 2.24) is 9.62 Å². The Morgan fingerprint density at radius 3 is 2.53 bits per heavy atom. The van der Waals surface area contributed by atoms with Gasteiger partial charge in [0, 0.05) is 42.1 Å². The summed E-state index contributed by atoms with van der Waals surface area (Å²) in [7, 11) is -0.979. The first-order valence-corrected chi connectivity index (χ1v) is 13.7. The number of amides is 1. The van der Waals surface area contributed by atoms with Crippen molar-refractivity contribution in [3.63, 3.8) is 0 Å². The van der Waals surface area contributed by atoms with Crippen LogP contribution in [-0.2, 0) is 19.6 Å². The largest absolute Gasteiger partial charge is 0.480 e. The minimum Gasteiger partial charge on any atom is -0.480 e. The van der Waals surface area contributed by atoms with Crippen LogP contribution in [0.4, 0.5) is 0 Å². The fraction of sp³-hybridized carbons (Fsp3) is 0.280. The molecule has 36 heavy (non-hydrogen) atoms. The Morgan fingerprint density at radius 2 is 1.86 bits per heavy atom. The number of hydrogen-bond donors (Lipinski definition) is 2. The molecule has 190 valence electrons. The number of halogens is 1. The van der Waals surface area contributed by atoms with Gasteiger partial charge in [0.25, 0.3) is 15.9 Å². The maximum Gasteiger partial charge on any atom is 0.325 e. The number of sulfonamides is 1. The van der Waals surface area contributed by atoms with Crippen molar-refractivity contribution in [3.8, 4) is 10.4 Å². The second-order valence-electron chi connectivity index (χ2n) is 8.57. The minimum absolute atomic E-state index is 0.00221. The Morgan fingerprint density at radius 1 is 1.17 bits per heavy atom. The summed E-state index contributed by atoms with van der Waals surface area (Å²) >= 11 is 6.97. The second-order valence-corrected chi connectivity index (χ2v) is 12.0. The monoisotopic (exact) mass is 548 g/mol. The van der Waals surface area contributed by atoms with Crippen molar-refractivity contribution in [2.24, 2.45) is 0 Å². The van der Waals surface area contributed by atoms with Crippen LogP contribution in [0.1, 0.15) is 28.3 Å². The van der Waals surface area contributed by atoms with Crippen LogP contribution in [0, 0.1) is 0 Å². The maximum atomic E-state index is 13.2. The Bertz CT molecular complexity index is 1390. The number of nitrogens with zero attached hydrogens (tertiary/aromatic N) is 1. The van der Waals surface area contributed by atoms with Gasteiger partial charge >= 0.3 is 5.97 Å². The lowest BCUT2D eigenvalue weighted by atomic mass is 9.99. The summed E-state index contributed by atoms with van der Waals surface area (Å²) in [6.45, 7) is 0.713. The molecule has 0 spiro atoms. The first kappa shape index (κ1) is 26.3. The van der Waals surface area contributed by atoms with Crippen LogP contribution in [0.25, 0.3) is 10.4 Å². The molecule has 2 N–H and O–H groups in total. The fourth-order valence-electron chi connectivity index (χ4n) is 4.09. The standard InChI is InChI=1S/C25H25ClN2O6S2/c1-28(13-14-34-2)23(29)19-6-4-3-5-18(19)20-15-25(20,24(30)31)27-36(32,33)22-12-11-21(35-22)16-7-9-17(26)10-8-16/h3-12,20,27H,13-15H2,1-2H3,(H,30,31). The zero-order chi connectivity index (χ0) is 26.1. The lowest BCUT2D eigenvalue weighted by Crippen LogP contribution is -2.44. The van der Waals surface area contributed by atoms with Gasteiger partial charge in [-0.25, -0.2) is 8.42 Å². The van der Waals surface area contributed by atoms with E-state index in [-0.39, 0.29) is 16.5 Å². The summed E-state index contributed by atoms with van der Waals surface area (Å²) in [4.78, 5) is 27.6. The molecule has 1 aromatic heterocycles. The predicted octanol–water partition coefficient (Wildman–Crippen LogP) is 4.08. The number of methoxy groups -OCH3 is 1. The number of thiophene rings is 1. The van der Waals surface area contributed by atoms with Crippen molar-refractivity contribution >= 4 is 44.8 Å². The summed E-state index contributed by atoms with van der Waals surface area (Å²) in [5.41, 5.74) is -0.118. The van der Waals surface area contributed by atoms with Crippen LogP contribution in [0.15, 0.2) is 64.9 Å². The molecule has 4 rings (SSSR count). The second kappa shape index (κ2) is 10.3. The van der Waals surface area contributed by atoms with Gasteiger partial charge in [-0.3, -0.25) is 9.59 Å². The van der Waals surface area contributed by atoms with Crippen molar-refractivity contribution in [3.05, 3.63) is 76.8 Å². The molecule has 1 aliphatic carbocycles. The number of nitrogens with one attached hydrogen (secondary N) is 1. The van der Waals surface area contributed by atoms with Gasteiger partial charge < -0.3 is 14.7 Å². The highest BCUT2D eigenvalue weighted by atomic mass is 35.5. The topological polar surface area (TPSA) is 113 Å². The molecular weight excluding hydrogens is 524 g/mol. The third-order valence-corrected chi connectivity index (χ3v) is 9.57. The summed E-state index contributed by atoms with van der Waals surface area (Å²) in [6.07, 6.45) is 0.0308. The molecule has 1 aliphatic rings. The predicted molar refractivity (Wildman–Crippen MR) is 138 cm³/mol. The fourth-order valence-corrected chi connectivity index (χ4v) is 6.93. The molecule has 1 heterocycles. The Kier molecular flexibility index (Phi) is 7.53. The molecule has 1 fully saturated rings. The van der Waals surface area contributed by atoms with E-state index in [1.165, 1.54) is 18.1 Å². The first-order chi connectivity index (χ1) is 17.1. The van der Waals surface area contributed by atoms with Crippen LogP contribution < -0.4 is 4.72 Å². The van der Waals surface area contributed by atoms with E-state index < -0.39 is 27.4 Å². The van der Waals surface area contributed by atoms with E-state index in [0.717, 1.165) is 16.9 Å². The molecule has 2 aromatic carbocycles. The van der Waals surface area contributed by atoms with E-state index in [2.05, 4.69) is 4.72 Å². The third-order valence-electron chi connectivity index (χ3n) is 6.18. The number of ether oxygens (including phenoxy) is 1. The number of benzene rings is 2. The average Bonchev–Trinajstić information content (AvgIpc) is 3.34. The number of carboxylic acid groups (broad SMARTS) is 1. The van der Waals surface area contributed by atoms with Gasteiger partial charge in [0.2, 0.25) is 0 Å². The highest BCUT2D eigenvalue weighted by Crippen LogP contribution is 2.53. The van der Waals surface area contributed by atoms with Gasteiger partial charge in [-0.05, 0) is 47.9 Å². The van der Waals surface area contributed by atoms with Gasteiger partial charge in [-0.2, -0.15) is 4.72 Å². The zero-order valence-electron chi connectivity index (χ0n) is 19.6. The summed E-state index contributed by atoms with van der Waals surface area (Å²) in [5, 5.41) is 10.6. The number of aliphatic carboxylic acids is 1. The van der Waals surface area contributed by atoms with E-state index in [0.29, 0.717) is 34.2 Å². The van der Waals surface area contributed by atoms with E-state index >= 15 is 0 Å². The van der Waals surface area contributed by atoms with E-state index in [1.54, 1.807) is 61.6 Å². The molecule has 2 atom stereocenters. The Hall–Kier alpha value is -2.76. The number of carbonyl (C=O) groups excluding carboxylic acids is 1. The minimum atomic E-state index is -4.15. The number of carbonyl (C=O) groups is 2. The highest BCUT2D eigenvalue weighted by Gasteiger charge is 2.64. The number of carboxylic acids is 1. The van der Waals surface area contributed by atoms with Crippen LogP contribution in [0.5, 0.6) is 0 Å². The normalized spacial score (nSPS) is 19.1. The van der Waals surface area contributed by atoms with Crippen molar-refractivity contribution in [1.29, 1.82) is 0 Å². The molecule has 2 unspecified atom stereocenters. The summed E-state index contributed by atoms with van der Waals surface area (Å²) in [6, 6.07) is 16.8. The van der Waals surface area contributed by atoms with Gasteiger partial charge in [-0.15, -0.1) is 11.3 Å². The molecule has 0 aliphatic heterocycles. The smallest absolute Gasteiger partial charge is 0.325 e. The van der Waals surface area contributed by atoms with Crippen LogP contribution in [0.2, 0.25) is 5.02 Å². The molecule has 11 heteroatoms. The third kappa shape index (κ3) is 5.18. The molecular formula is C25H25ClN2O6S2. The van der Waals surface area contributed by atoms with E-state index in [1.807, 2.05) is 0 Å². The van der Waals surface area contributed by atoms with Crippen LogP contribution in [-0.4, -0.2) is 63.1 Å². The Labute approximate surface area is 218 Å². The summed E-state index contributed by atoms with van der Waals surface area (Å²) < 4.78 is 33.9. The first-order valence-electron chi connectivity index (χ1n) is 11.1. The van der Waals surface area contributed by atoms with Gasteiger partial charge in [-0.1, -0.05) is 41.9 Å². The molecule has 0 saturated heterocycles. The summed E-state index contributed by atoms with van der Waals surface area (Å²) in [5.74, 6) is -2.28. The van der Waals surface area contributed by atoms with Gasteiger partial charge in [0.15, 0.2) is 0 Å². The SMILES string of the molecule is COCCN(C)C(=O)c1ccccc1C1CC1(NS(=O)(=O)c1ccc(-c2ccc(Cl)cc2)s1)C(=O)O. The zero-order valence-corrected chi connectivity index (χ0v) is 22.0. The van der Waals surface area contributed by atoms with Crippen LogP contribution >= 0.6 is 22.9 Å². The highest BCUT2D eigenvalue weighted by molar-refractivity contribution is 7.91. The molecule has 8 nitrogen and oxygen atoms in total. The lowest BCUT2D eigenvalue weighted by molar-refractivity contribution is -0.140. The van der Waals surface area contributed by atoms with Crippen LogP contribution in [0.3, 0.4) is 0 Å². The molecule has 0 bridgehead atoms. The van der Waals surface area contributed by atoms with Gasteiger partial charge in [0.1, 0.15) is 9.75 Å². The number of rotatable bonds is 10. The van der Waals surface area contributed by atoms with Crippen molar-refractivity contribution < 1.29 is 27.9 Å². The molecule has 0 radical (unpaired) electrons. The van der Waals surface area contributed by atoms with Crippen molar-refractivity contribution in [2.45, 2.75) is 22.1 Å². The maximum absolute atomic E-state index is 13.2.